The molecule has 0 aliphatic carbocycles. The summed E-state index contributed by atoms with van der Waals surface area (Å²) in [5, 5.41) is 0. The van der Waals surface area contributed by atoms with Gasteiger partial charge in [0.15, 0.2) is 0 Å². The number of hydrogen-bond acceptors (Lipinski definition) is 3. The molecule has 1 aromatic rings. The summed E-state index contributed by atoms with van der Waals surface area (Å²) in [6.45, 7) is 10.8. The van der Waals surface area contributed by atoms with Crippen molar-refractivity contribution in [3.8, 4) is 0 Å². The van der Waals surface area contributed by atoms with E-state index >= 15 is 0 Å². The van der Waals surface area contributed by atoms with E-state index in [0.29, 0.717) is 17.6 Å². The van der Waals surface area contributed by atoms with Crippen LogP contribution in [-0.4, -0.2) is 53.7 Å². The van der Waals surface area contributed by atoms with Gasteiger partial charge in [-0.1, -0.05) is 6.07 Å². The van der Waals surface area contributed by atoms with E-state index in [2.05, 4.69) is 27.8 Å². The summed E-state index contributed by atoms with van der Waals surface area (Å²) in [5.74, 6) is -0.238. The summed E-state index contributed by atoms with van der Waals surface area (Å²) in [4.78, 5) is 16.3. The lowest BCUT2D eigenvalue weighted by Crippen LogP contribution is -2.54. The zero-order chi connectivity index (χ0) is 17.9. The first-order valence-electron chi connectivity index (χ1n) is 8.31. The molecule has 2 rings (SSSR count). The molecule has 1 amide bonds. The van der Waals surface area contributed by atoms with Crippen LogP contribution in [0.4, 0.5) is 9.18 Å². The van der Waals surface area contributed by atoms with Gasteiger partial charge in [-0.3, -0.25) is 4.90 Å². The van der Waals surface area contributed by atoms with E-state index in [1.807, 2.05) is 32.9 Å². The minimum Gasteiger partial charge on any atom is -0.444 e. The molecule has 1 aromatic carbocycles. The number of ether oxygens (including phenoxy) is 1. The van der Waals surface area contributed by atoms with Gasteiger partial charge in [0.05, 0.1) is 4.47 Å². The maximum atomic E-state index is 13.3. The van der Waals surface area contributed by atoms with Crippen molar-refractivity contribution in [2.24, 2.45) is 0 Å². The van der Waals surface area contributed by atoms with Crippen LogP contribution in [0.2, 0.25) is 0 Å². The van der Waals surface area contributed by atoms with Crippen LogP contribution in [-0.2, 0) is 11.2 Å². The molecule has 1 unspecified atom stereocenters. The van der Waals surface area contributed by atoms with Crippen LogP contribution in [0.1, 0.15) is 33.3 Å². The minimum absolute atomic E-state index is 0.238. The number of piperazine rings is 1. The van der Waals surface area contributed by atoms with Crippen molar-refractivity contribution in [1.82, 2.24) is 9.80 Å². The van der Waals surface area contributed by atoms with Crippen LogP contribution in [0, 0.1) is 5.82 Å². The predicted molar refractivity (Wildman–Crippen MR) is 96.6 cm³/mol. The summed E-state index contributed by atoms with van der Waals surface area (Å²) >= 11 is 3.22. The molecule has 1 heterocycles. The number of hydrogen-bond donors (Lipinski definition) is 0. The number of amides is 1. The number of carbonyl (C=O) groups is 1. The molecule has 1 atom stereocenters. The van der Waals surface area contributed by atoms with Gasteiger partial charge in [-0.15, -0.1) is 0 Å². The van der Waals surface area contributed by atoms with Crippen molar-refractivity contribution in [3.63, 3.8) is 0 Å². The lowest BCUT2D eigenvalue weighted by atomic mass is 10.1. The molecule has 24 heavy (non-hydrogen) atoms. The number of nitrogens with zero attached hydrogens (tertiary/aromatic N) is 2. The van der Waals surface area contributed by atoms with Crippen LogP contribution in [0.25, 0.3) is 0 Å². The average Bonchev–Trinajstić information content (AvgIpc) is 2.47. The Bertz CT molecular complexity index is 589. The molecular formula is C18H26BrFN2O2. The number of rotatable bonds is 3. The van der Waals surface area contributed by atoms with Crippen LogP contribution in [0.5, 0.6) is 0 Å². The molecule has 4 nitrogen and oxygen atoms in total. The Morgan fingerprint density at radius 1 is 1.38 bits per heavy atom. The highest BCUT2D eigenvalue weighted by molar-refractivity contribution is 9.10. The second-order valence-corrected chi connectivity index (χ2v) is 8.16. The normalized spacial score (nSPS) is 19.4. The van der Waals surface area contributed by atoms with Gasteiger partial charge < -0.3 is 9.64 Å². The summed E-state index contributed by atoms with van der Waals surface area (Å²) < 4.78 is 19.2. The average molecular weight is 401 g/mol. The standard InChI is InChI=1S/C18H26BrFN2O2/c1-13-12-22(17(23)24-18(2,3)4)10-9-21(13)8-7-14-5-6-16(20)15(19)11-14/h5-6,11,13H,7-10,12H2,1-4H3. The highest BCUT2D eigenvalue weighted by atomic mass is 79.9. The van der Waals surface area contributed by atoms with Gasteiger partial charge >= 0.3 is 6.09 Å². The number of halogens is 2. The van der Waals surface area contributed by atoms with E-state index in [1.165, 1.54) is 6.07 Å². The van der Waals surface area contributed by atoms with Crippen molar-refractivity contribution in [1.29, 1.82) is 0 Å². The summed E-state index contributed by atoms with van der Waals surface area (Å²) in [6.07, 6.45) is 0.617. The molecule has 0 aromatic heterocycles. The molecule has 1 fully saturated rings. The van der Waals surface area contributed by atoms with Crippen molar-refractivity contribution in [3.05, 3.63) is 34.1 Å². The van der Waals surface area contributed by atoms with E-state index in [9.17, 15) is 9.18 Å². The Morgan fingerprint density at radius 2 is 2.08 bits per heavy atom. The van der Waals surface area contributed by atoms with Crippen molar-refractivity contribution in [2.45, 2.75) is 45.8 Å². The van der Waals surface area contributed by atoms with E-state index in [1.54, 1.807) is 4.90 Å². The molecule has 0 N–H and O–H groups in total. The largest absolute Gasteiger partial charge is 0.444 e. The van der Waals surface area contributed by atoms with Gasteiger partial charge in [-0.2, -0.15) is 0 Å². The van der Waals surface area contributed by atoms with Crippen LogP contribution < -0.4 is 0 Å². The third-order valence-electron chi connectivity index (χ3n) is 4.09. The highest BCUT2D eigenvalue weighted by Gasteiger charge is 2.29. The van der Waals surface area contributed by atoms with Crippen LogP contribution in [0.3, 0.4) is 0 Å². The maximum Gasteiger partial charge on any atom is 0.410 e. The van der Waals surface area contributed by atoms with Crippen molar-refractivity contribution in [2.75, 3.05) is 26.2 Å². The molecule has 134 valence electrons. The van der Waals surface area contributed by atoms with Crippen molar-refractivity contribution < 1.29 is 13.9 Å². The second kappa shape index (κ2) is 7.83. The van der Waals surface area contributed by atoms with E-state index in [0.717, 1.165) is 25.1 Å². The first-order valence-corrected chi connectivity index (χ1v) is 9.11. The molecule has 6 heteroatoms. The molecule has 1 aliphatic rings. The third kappa shape index (κ3) is 5.45. The first kappa shape index (κ1) is 19.2. The predicted octanol–water partition coefficient (Wildman–Crippen LogP) is 4.07. The van der Waals surface area contributed by atoms with Gasteiger partial charge in [0.1, 0.15) is 11.4 Å². The first-order chi connectivity index (χ1) is 11.2. The summed E-state index contributed by atoms with van der Waals surface area (Å²) in [5.41, 5.74) is 0.637. The fourth-order valence-electron chi connectivity index (χ4n) is 2.79. The summed E-state index contributed by atoms with van der Waals surface area (Å²) in [7, 11) is 0. The van der Waals surface area contributed by atoms with Gasteiger partial charge in [-0.25, -0.2) is 9.18 Å². The monoisotopic (exact) mass is 400 g/mol. The molecule has 0 saturated carbocycles. The SMILES string of the molecule is CC1CN(C(=O)OC(C)(C)C)CCN1CCc1ccc(F)c(Br)c1. The van der Waals surface area contributed by atoms with Crippen molar-refractivity contribution >= 4 is 22.0 Å². The van der Waals surface area contributed by atoms with E-state index < -0.39 is 5.60 Å². The topological polar surface area (TPSA) is 32.8 Å². The van der Waals surface area contributed by atoms with Gasteiger partial charge in [0, 0.05) is 32.2 Å². The zero-order valence-corrected chi connectivity index (χ0v) is 16.4. The number of benzene rings is 1. The molecule has 0 spiro atoms. The fourth-order valence-corrected chi connectivity index (χ4v) is 3.21. The van der Waals surface area contributed by atoms with Gasteiger partial charge in [-0.05, 0) is 67.7 Å². The number of carbonyl (C=O) groups excluding carboxylic acids is 1. The summed E-state index contributed by atoms with van der Waals surface area (Å²) in [6, 6.07) is 5.41. The molecule has 1 saturated heterocycles. The van der Waals surface area contributed by atoms with Crippen LogP contribution in [0.15, 0.2) is 22.7 Å². The smallest absolute Gasteiger partial charge is 0.410 e. The Labute approximate surface area is 152 Å². The Balaban J connectivity index is 1.85. The molecule has 0 radical (unpaired) electrons. The van der Waals surface area contributed by atoms with Crippen LogP contribution >= 0.6 is 15.9 Å². The quantitative estimate of drug-likeness (QED) is 0.766. The molecular weight excluding hydrogens is 375 g/mol. The van der Waals surface area contributed by atoms with E-state index in [4.69, 9.17) is 4.74 Å². The Hall–Kier alpha value is -1.14. The Kier molecular flexibility index (Phi) is 6.26. The van der Waals surface area contributed by atoms with E-state index in [-0.39, 0.29) is 18.0 Å². The lowest BCUT2D eigenvalue weighted by Gasteiger charge is -2.40. The van der Waals surface area contributed by atoms with Gasteiger partial charge in [0.2, 0.25) is 0 Å². The fraction of sp³-hybridized carbons (Fsp3) is 0.611. The third-order valence-corrected chi connectivity index (χ3v) is 4.70. The second-order valence-electron chi connectivity index (χ2n) is 7.31. The zero-order valence-electron chi connectivity index (χ0n) is 14.8. The maximum absolute atomic E-state index is 13.3. The minimum atomic E-state index is -0.465. The lowest BCUT2D eigenvalue weighted by molar-refractivity contribution is 0.00598. The Morgan fingerprint density at radius 3 is 2.67 bits per heavy atom. The molecule has 0 bridgehead atoms. The highest BCUT2D eigenvalue weighted by Crippen LogP contribution is 2.19. The van der Waals surface area contributed by atoms with Gasteiger partial charge in [0.25, 0.3) is 0 Å². The molecule has 1 aliphatic heterocycles.